The standard InChI is InChI=1S/C36H22/c1-2-8-30-10-4-6-12-32(30)24-26-36-34-20-18-28-15-13-27(14-16-28)17-19-33(21-22-34)35(36)25-23-31-11-5-3-9-29(31)7-1/h3-6,9-16,21-22H,17-20H2. The van der Waals surface area contributed by atoms with Crippen LogP contribution in [0.2, 0.25) is 0 Å². The Kier molecular flexibility index (Phi) is 5.87. The summed E-state index contributed by atoms with van der Waals surface area (Å²) in [6.07, 6.45) is 3.78. The lowest BCUT2D eigenvalue weighted by Gasteiger charge is -2.11. The molecule has 0 saturated heterocycles. The molecule has 0 radical (unpaired) electrons. The molecule has 166 valence electrons. The van der Waals surface area contributed by atoms with Gasteiger partial charge in [-0.1, -0.05) is 97.1 Å². The maximum absolute atomic E-state index is 3.55. The summed E-state index contributed by atoms with van der Waals surface area (Å²) in [7, 11) is 0. The molecule has 0 fully saturated rings. The lowest BCUT2D eigenvalue weighted by atomic mass is 9.92. The molecule has 0 atom stereocenters. The number of fused-ring (bicyclic) bond motifs is 2. The molecule has 0 heterocycles. The van der Waals surface area contributed by atoms with Crippen LogP contribution in [0.5, 0.6) is 0 Å². The molecule has 0 spiro atoms. The van der Waals surface area contributed by atoms with E-state index in [4.69, 9.17) is 0 Å². The molecule has 36 heavy (non-hydrogen) atoms. The van der Waals surface area contributed by atoms with E-state index in [2.05, 4.69) is 84.9 Å². The fourth-order valence-corrected chi connectivity index (χ4v) is 4.68. The van der Waals surface area contributed by atoms with Crippen LogP contribution in [0.25, 0.3) is 32.3 Å². The summed E-state index contributed by atoms with van der Waals surface area (Å²) in [5, 5.41) is 5.69. The fraction of sp³-hybridized carbons (Fsp3) is 0.111. The average Bonchev–Trinajstić information content (AvgIpc) is 2.91. The van der Waals surface area contributed by atoms with Gasteiger partial charge in [0.15, 0.2) is 0 Å². The highest BCUT2D eigenvalue weighted by molar-refractivity contribution is 5.87. The van der Waals surface area contributed by atoms with E-state index < -0.39 is 0 Å². The first-order valence-corrected chi connectivity index (χ1v) is 12.3. The molecule has 4 bridgehead atoms. The molecule has 5 aromatic rings. The third-order valence-electron chi connectivity index (χ3n) is 6.72. The SMILES string of the molecule is c1c#cc2ccccc2c#cc2c3ccc(c2c#cc2ccccc2c#1)CCc1ccc(cc1)CC3. The van der Waals surface area contributed by atoms with Crippen LogP contribution in [0.15, 0.2) is 84.9 Å². The largest absolute Gasteiger partial charge is 0.0609 e. The number of aryl methyl sites for hydroxylation is 4. The summed E-state index contributed by atoms with van der Waals surface area (Å²) in [4.78, 5) is 0. The van der Waals surface area contributed by atoms with Gasteiger partial charge in [-0.3, -0.25) is 0 Å². The first-order valence-electron chi connectivity index (χ1n) is 12.3. The molecule has 4 aliphatic carbocycles. The van der Waals surface area contributed by atoms with Crippen LogP contribution < -0.4 is 0 Å². The van der Waals surface area contributed by atoms with E-state index in [9.17, 15) is 0 Å². The molecule has 9 rings (SSSR count). The Labute approximate surface area is 213 Å². The van der Waals surface area contributed by atoms with Crippen LogP contribution in [0.3, 0.4) is 0 Å². The third kappa shape index (κ3) is 4.55. The van der Waals surface area contributed by atoms with Gasteiger partial charge in [-0.15, -0.1) is 0 Å². The molecular formula is C36H22. The molecule has 0 heteroatoms. The zero-order chi connectivity index (χ0) is 24.2. The van der Waals surface area contributed by atoms with E-state index in [-0.39, 0.29) is 0 Å². The maximum Gasteiger partial charge on any atom is 0.0440 e. The Morgan fingerprint density at radius 1 is 0.361 bits per heavy atom. The van der Waals surface area contributed by atoms with E-state index in [0.29, 0.717) is 0 Å². The summed E-state index contributed by atoms with van der Waals surface area (Å²) in [5.74, 6) is 0. The molecule has 0 saturated carbocycles. The van der Waals surface area contributed by atoms with Crippen molar-refractivity contribution in [3.63, 3.8) is 0 Å². The molecule has 0 aromatic heterocycles. The van der Waals surface area contributed by atoms with Crippen LogP contribution in [-0.4, -0.2) is 0 Å². The predicted molar refractivity (Wildman–Crippen MR) is 146 cm³/mol. The van der Waals surface area contributed by atoms with E-state index in [1.807, 2.05) is 48.5 Å². The lowest BCUT2D eigenvalue weighted by Crippen LogP contribution is -1.99. The molecule has 5 aromatic carbocycles. The predicted octanol–water partition coefficient (Wildman–Crippen LogP) is 7.68. The lowest BCUT2D eigenvalue weighted by molar-refractivity contribution is 0.934. The van der Waals surface area contributed by atoms with Crippen LogP contribution in [0, 0.1) is 48.5 Å². The van der Waals surface area contributed by atoms with Crippen molar-refractivity contribution >= 4 is 32.3 Å². The van der Waals surface area contributed by atoms with Gasteiger partial charge in [0.2, 0.25) is 0 Å². The smallest absolute Gasteiger partial charge is 0.0440 e. The molecule has 0 N–H and O–H groups in total. The van der Waals surface area contributed by atoms with Gasteiger partial charge in [0.25, 0.3) is 0 Å². The Morgan fingerprint density at radius 3 is 1.17 bits per heavy atom. The van der Waals surface area contributed by atoms with Crippen molar-refractivity contribution in [1.82, 2.24) is 0 Å². The minimum atomic E-state index is 0.893. The molecule has 4 aliphatic rings. The van der Waals surface area contributed by atoms with Gasteiger partial charge in [-0.25, -0.2) is 0 Å². The van der Waals surface area contributed by atoms with Crippen molar-refractivity contribution in [3.8, 4) is 0 Å². The summed E-state index contributed by atoms with van der Waals surface area (Å²) >= 11 is 0. The topological polar surface area (TPSA) is 0 Å². The van der Waals surface area contributed by atoms with Crippen molar-refractivity contribution in [1.29, 1.82) is 0 Å². The molecule has 0 aliphatic heterocycles. The highest BCUT2D eigenvalue weighted by atomic mass is 14.1. The Balaban J connectivity index is 1.71. The normalized spacial score (nSPS) is 11.7. The number of hydrogen-bond acceptors (Lipinski definition) is 0. The van der Waals surface area contributed by atoms with Crippen molar-refractivity contribution < 1.29 is 0 Å². The molecule has 0 nitrogen and oxygen atoms in total. The quantitative estimate of drug-likeness (QED) is 0.225. The summed E-state index contributed by atoms with van der Waals surface area (Å²) in [6.45, 7) is 0. The van der Waals surface area contributed by atoms with E-state index in [1.165, 1.54) is 22.3 Å². The van der Waals surface area contributed by atoms with Crippen molar-refractivity contribution in [3.05, 3.63) is 156 Å². The number of benzene rings is 4. The first kappa shape index (κ1) is 21.6. The van der Waals surface area contributed by atoms with Crippen molar-refractivity contribution in [2.75, 3.05) is 0 Å². The van der Waals surface area contributed by atoms with Crippen molar-refractivity contribution in [2.24, 2.45) is 0 Å². The second kappa shape index (κ2) is 9.77. The third-order valence-corrected chi connectivity index (χ3v) is 6.72. The molecular weight excluding hydrogens is 432 g/mol. The monoisotopic (exact) mass is 454 g/mol. The van der Waals surface area contributed by atoms with Gasteiger partial charge in [-0.05, 0) is 84.3 Å². The highest BCUT2D eigenvalue weighted by Crippen LogP contribution is 2.24. The minimum Gasteiger partial charge on any atom is -0.0609 e. The van der Waals surface area contributed by atoms with Gasteiger partial charge < -0.3 is 0 Å². The Morgan fingerprint density at radius 2 is 0.750 bits per heavy atom. The zero-order valence-electron chi connectivity index (χ0n) is 19.9. The molecule has 0 amide bonds. The summed E-state index contributed by atoms with van der Waals surface area (Å²) in [5.41, 5.74) is 5.18. The van der Waals surface area contributed by atoms with E-state index >= 15 is 0 Å². The first-order chi connectivity index (χ1) is 17.8. The van der Waals surface area contributed by atoms with Crippen LogP contribution in [0.1, 0.15) is 22.3 Å². The van der Waals surface area contributed by atoms with Crippen LogP contribution >= 0.6 is 0 Å². The average molecular weight is 455 g/mol. The van der Waals surface area contributed by atoms with Gasteiger partial charge in [0.1, 0.15) is 0 Å². The van der Waals surface area contributed by atoms with Gasteiger partial charge in [-0.2, -0.15) is 0 Å². The zero-order valence-corrected chi connectivity index (χ0v) is 19.9. The minimum absolute atomic E-state index is 0.893. The number of hydrogen-bond donors (Lipinski definition) is 0. The van der Waals surface area contributed by atoms with Gasteiger partial charge >= 0.3 is 0 Å². The van der Waals surface area contributed by atoms with E-state index in [1.54, 1.807) is 0 Å². The Hall–Kier alpha value is -4.88. The van der Waals surface area contributed by atoms with E-state index in [0.717, 1.165) is 58.0 Å². The van der Waals surface area contributed by atoms with Gasteiger partial charge in [0, 0.05) is 32.3 Å². The second-order valence-electron chi connectivity index (χ2n) is 9.04. The molecule has 0 unspecified atom stereocenters. The second-order valence-corrected chi connectivity index (χ2v) is 9.04. The Bertz CT molecular complexity index is 1550. The fourth-order valence-electron chi connectivity index (χ4n) is 4.68. The summed E-state index contributed by atoms with van der Waals surface area (Å²) < 4.78 is 0. The highest BCUT2D eigenvalue weighted by Gasteiger charge is 2.08. The summed E-state index contributed by atoms with van der Waals surface area (Å²) in [6, 6.07) is 56.0. The maximum atomic E-state index is 3.55. The van der Waals surface area contributed by atoms with Crippen LogP contribution in [0.4, 0.5) is 0 Å². The number of rotatable bonds is 0. The van der Waals surface area contributed by atoms with Crippen LogP contribution in [-0.2, 0) is 25.7 Å². The van der Waals surface area contributed by atoms with Gasteiger partial charge in [0.05, 0.1) is 0 Å². The van der Waals surface area contributed by atoms with Crippen molar-refractivity contribution in [2.45, 2.75) is 25.7 Å².